The van der Waals surface area contributed by atoms with E-state index in [4.69, 9.17) is 24.3 Å². The topological polar surface area (TPSA) is 181 Å². The number of nitrogens with one attached hydrogen (secondary N) is 1. The first-order valence-corrected chi connectivity index (χ1v) is 14.9. The van der Waals surface area contributed by atoms with Gasteiger partial charge in [0.05, 0.1) is 24.5 Å². The summed E-state index contributed by atoms with van der Waals surface area (Å²) in [6, 6.07) is 8.03. The highest BCUT2D eigenvalue weighted by atomic mass is 31.2. The Bertz CT molecular complexity index is 1530. The molecule has 6 atom stereocenters. The van der Waals surface area contributed by atoms with E-state index in [0.717, 1.165) is 10.9 Å². The predicted octanol–water partition coefficient (Wildman–Crippen LogP) is 3.29. The molecule has 1 aliphatic heterocycles. The summed E-state index contributed by atoms with van der Waals surface area (Å²) in [6.45, 7) is 5.81. The summed E-state index contributed by atoms with van der Waals surface area (Å²) in [7, 11) is -4.28. The van der Waals surface area contributed by atoms with Gasteiger partial charge in [-0.25, -0.2) is 18.3 Å². The molecule has 0 saturated carbocycles. The number of rotatable bonds is 11. The number of hydrogen-bond donors (Lipinski definition) is 3. The fraction of sp³-hybridized carbons (Fsp3) is 0.538. The number of halogens is 2. The zero-order valence-corrected chi connectivity index (χ0v) is 24.6. The van der Waals surface area contributed by atoms with Gasteiger partial charge in [-0.2, -0.15) is 4.98 Å². The number of alkyl halides is 2. The number of H-pyrrole nitrogens is 1. The number of nitrogens with zero attached hydrogens (tertiary/aromatic N) is 3. The third kappa shape index (κ3) is 6.19. The smallest absolute Gasteiger partial charge is 0.380 e. The second-order valence-corrected chi connectivity index (χ2v) is 12.9. The van der Waals surface area contributed by atoms with Crippen molar-refractivity contribution in [3.05, 3.63) is 47.0 Å². The van der Waals surface area contributed by atoms with Crippen LogP contribution in [0.1, 0.15) is 40.8 Å². The molecule has 4 N–H and O–H groups in total. The van der Waals surface area contributed by atoms with Crippen molar-refractivity contribution in [2.45, 2.75) is 70.4 Å². The number of nitrogen functional groups attached to an aromatic ring is 1. The van der Waals surface area contributed by atoms with Crippen molar-refractivity contribution in [3.63, 3.8) is 0 Å². The highest BCUT2D eigenvalue weighted by Crippen LogP contribution is 2.56. The summed E-state index contributed by atoms with van der Waals surface area (Å²) in [4.78, 5) is 34.9. The number of aromatic nitrogens is 4. The van der Waals surface area contributed by atoms with Crippen LogP contribution >= 0.6 is 7.60 Å². The molecule has 0 radical (unpaired) electrons. The van der Waals surface area contributed by atoms with Gasteiger partial charge in [0, 0.05) is 0 Å². The lowest BCUT2D eigenvalue weighted by molar-refractivity contribution is -0.151. The Labute approximate surface area is 239 Å². The normalized spacial score (nSPS) is 24.9. The first-order valence-electron chi connectivity index (χ1n) is 13.2. The van der Waals surface area contributed by atoms with Crippen molar-refractivity contribution in [3.8, 4) is 5.75 Å². The zero-order valence-electron chi connectivity index (χ0n) is 23.7. The van der Waals surface area contributed by atoms with Crippen LogP contribution < -0.4 is 15.8 Å². The minimum Gasteiger partial charge on any atom is -0.463 e. The number of esters is 1. The molecular weight excluding hydrogens is 579 g/mol. The largest absolute Gasteiger partial charge is 0.463 e. The lowest BCUT2D eigenvalue weighted by Crippen LogP contribution is -2.51. The molecule has 0 spiro atoms. The SMILES string of the molecule is CC(C)OC(=O)[C@H](C)CP(=O)(Oc1ccccc1)OC(C)(C)[C@H]1O[C@@H](n2cnc3c(=O)[nH]c(N)nc32)C(F)(CF)[C@H]1O. The molecule has 2 aromatic heterocycles. The average molecular weight is 614 g/mol. The molecular formula is C26H34F2N5O8P. The number of nitrogens with two attached hydrogens (primary N) is 1. The minimum atomic E-state index is -4.28. The molecule has 0 aliphatic carbocycles. The molecule has 42 heavy (non-hydrogen) atoms. The maximum Gasteiger partial charge on any atom is 0.380 e. The van der Waals surface area contributed by atoms with Crippen LogP contribution in [0.25, 0.3) is 11.2 Å². The Morgan fingerprint density at radius 2 is 1.98 bits per heavy atom. The van der Waals surface area contributed by atoms with E-state index in [1.165, 1.54) is 32.9 Å². The molecule has 13 nitrogen and oxygen atoms in total. The maximum atomic E-state index is 16.2. The molecule has 1 aliphatic rings. The van der Waals surface area contributed by atoms with Crippen LogP contribution in [0.2, 0.25) is 0 Å². The van der Waals surface area contributed by atoms with Crippen LogP contribution in [-0.4, -0.2) is 73.0 Å². The van der Waals surface area contributed by atoms with E-state index in [-0.39, 0.29) is 22.9 Å². The average Bonchev–Trinajstić information content (AvgIpc) is 3.42. The Hall–Kier alpha value is -3.39. The van der Waals surface area contributed by atoms with Crippen LogP contribution in [-0.2, 0) is 23.4 Å². The van der Waals surface area contributed by atoms with E-state index in [0.29, 0.717) is 0 Å². The molecule has 1 fully saturated rings. The summed E-state index contributed by atoms with van der Waals surface area (Å²) >= 11 is 0. The van der Waals surface area contributed by atoms with Gasteiger partial charge in [-0.3, -0.25) is 23.7 Å². The van der Waals surface area contributed by atoms with Crippen molar-refractivity contribution < 1.29 is 41.8 Å². The summed E-state index contributed by atoms with van der Waals surface area (Å²) in [5.41, 5.74) is -0.385. The van der Waals surface area contributed by atoms with E-state index in [2.05, 4.69) is 15.0 Å². The van der Waals surface area contributed by atoms with Gasteiger partial charge in [-0.15, -0.1) is 0 Å². The van der Waals surface area contributed by atoms with E-state index in [1.807, 2.05) is 0 Å². The van der Waals surface area contributed by atoms with Gasteiger partial charge in [-0.05, 0) is 39.8 Å². The molecule has 3 aromatic rings. The van der Waals surface area contributed by atoms with Gasteiger partial charge in [0.1, 0.15) is 30.2 Å². The lowest BCUT2D eigenvalue weighted by atomic mass is 9.89. The summed E-state index contributed by atoms with van der Waals surface area (Å²) in [5.74, 6) is -1.73. The monoisotopic (exact) mass is 613 g/mol. The van der Waals surface area contributed by atoms with Gasteiger partial charge in [-0.1, -0.05) is 25.1 Å². The number of ether oxygens (including phenoxy) is 2. The fourth-order valence-electron chi connectivity index (χ4n) is 4.73. The minimum absolute atomic E-state index is 0.161. The predicted molar refractivity (Wildman–Crippen MR) is 147 cm³/mol. The van der Waals surface area contributed by atoms with Gasteiger partial charge in [0.2, 0.25) is 11.6 Å². The quantitative estimate of drug-likeness (QED) is 0.213. The number of anilines is 1. The first-order chi connectivity index (χ1) is 19.6. The summed E-state index contributed by atoms with van der Waals surface area (Å²) in [6.07, 6.45) is -5.53. The van der Waals surface area contributed by atoms with Gasteiger partial charge >= 0.3 is 13.6 Å². The zero-order chi connectivity index (χ0) is 31.0. The van der Waals surface area contributed by atoms with E-state index in [9.17, 15) is 23.7 Å². The van der Waals surface area contributed by atoms with E-state index in [1.54, 1.807) is 32.0 Å². The van der Waals surface area contributed by atoms with Crippen molar-refractivity contribution in [1.29, 1.82) is 0 Å². The van der Waals surface area contributed by atoms with Gasteiger partial charge in [0.25, 0.3) is 5.56 Å². The Balaban J connectivity index is 1.68. The highest BCUT2D eigenvalue weighted by Gasteiger charge is 2.63. The Morgan fingerprint density at radius 3 is 2.60 bits per heavy atom. The standard InChI is InChI=1S/C26H34F2N5O8P/c1-14(2)38-22(36)15(3)11-42(37,40-16-9-7-6-8-10-16)41-25(4,5)19-18(34)26(28,12-27)23(39-19)33-13-30-17-20(33)31-24(29)32-21(17)35/h6-10,13-15,18-19,23,34H,11-12H2,1-5H3,(H3,29,31,32,35)/t15-,18+,19+,23-,26?,42?/m1/s1. The highest BCUT2D eigenvalue weighted by molar-refractivity contribution is 7.54. The van der Waals surface area contributed by atoms with Crippen molar-refractivity contribution >= 4 is 30.7 Å². The number of para-hydroxylation sites is 1. The molecule has 1 aromatic carbocycles. The van der Waals surface area contributed by atoms with Crippen LogP contribution in [0.15, 0.2) is 41.5 Å². The van der Waals surface area contributed by atoms with Crippen molar-refractivity contribution in [1.82, 2.24) is 19.5 Å². The van der Waals surface area contributed by atoms with Crippen LogP contribution in [0.4, 0.5) is 14.7 Å². The number of fused-ring (bicyclic) bond motifs is 1. The summed E-state index contributed by atoms with van der Waals surface area (Å²) < 4.78 is 68.6. The lowest BCUT2D eigenvalue weighted by Gasteiger charge is -2.36. The van der Waals surface area contributed by atoms with Crippen molar-refractivity contribution in [2.75, 3.05) is 18.6 Å². The third-order valence-corrected chi connectivity index (χ3v) is 8.90. The summed E-state index contributed by atoms with van der Waals surface area (Å²) in [5, 5.41) is 11.1. The second-order valence-electron chi connectivity index (χ2n) is 11.0. The first kappa shape index (κ1) is 31.5. The number of imidazole rings is 1. The molecule has 1 saturated heterocycles. The number of aliphatic hydroxyl groups is 1. The number of carbonyl (C=O) groups is 1. The van der Waals surface area contributed by atoms with Gasteiger partial charge < -0.3 is 24.8 Å². The number of benzene rings is 1. The fourth-order valence-corrected chi connectivity index (χ4v) is 7.00. The van der Waals surface area contributed by atoms with Crippen LogP contribution in [0.3, 0.4) is 0 Å². The molecule has 4 rings (SSSR count). The molecule has 16 heteroatoms. The number of hydrogen-bond acceptors (Lipinski definition) is 11. The van der Waals surface area contributed by atoms with Gasteiger partial charge in [0.15, 0.2) is 17.4 Å². The van der Waals surface area contributed by atoms with E-state index >= 15 is 4.39 Å². The molecule has 3 heterocycles. The Morgan fingerprint density at radius 1 is 1.31 bits per heavy atom. The second kappa shape index (κ2) is 11.7. The number of aromatic amines is 1. The van der Waals surface area contributed by atoms with Crippen molar-refractivity contribution in [2.24, 2.45) is 5.92 Å². The maximum absolute atomic E-state index is 16.2. The number of carbonyl (C=O) groups excluding carboxylic acids is 1. The van der Waals surface area contributed by atoms with Crippen LogP contribution in [0.5, 0.6) is 5.75 Å². The van der Waals surface area contributed by atoms with Crippen LogP contribution in [0, 0.1) is 5.92 Å². The molecule has 2 unspecified atom stereocenters. The van der Waals surface area contributed by atoms with E-state index < -0.39 is 73.7 Å². The molecule has 230 valence electrons. The third-order valence-electron chi connectivity index (χ3n) is 6.67. The molecule has 0 bridgehead atoms. The number of aliphatic hydroxyl groups excluding tert-OH is 1. The Kier molecular flexibility index (Phi) is 8.79. The molecule has 0 amide bonds.